The van der Waals surface area contributed by atoms with Crippen LogP contribution in [0.2, 0.25) is 0 Å². The molecule has 0 unspecified atom stereocenters. The zero-order chi connectivity index (χ0) is 18.0. The van der Waals surface area contributed by atoms with Crippen molar-refractivity contribution in [2.75, 3.05) is 11.9 Å². The molecule has 3 amide bonds. The number of hydrogen-bond acceptors (Lipinski definition) is 3. The molecule has 0 saturated carbocycles. The lowest BCUT2D eigenvalue weighted by Crippen LogP contribution is -2.46. The van der Waals surface area contributed by atoms with Crippen molar-refractivity contribution in [3.05, 3.63) is 48.3 Å². The summed E-state index contributed by atoms with van der Waals surface area (Å²) in [5, 5.41) is 6.95. The van der Waals surface area contributed by atoms with Crippen LogP contribution in [0.1, 0.15) is 18.9 Å². The van der Waals surface area contributed by atoms with Crippen LogP contribution in [0, 0.1) is 0 Å². The van der Waals surface area contributed by atoms with E-state index >= 15 is 0 Å². The summed E-state index contributed by atoms with van der Waals surface area (Å²) in [6.45, 7) is 2.44. The van der Waals surface area contributed by atoms with Crippen molar-refractivity contribution in [2.45, 2.75) is 32.0 Å². The van der Waals surface area contributed by atoms with E-state index in [0.717, 1.165) is 11.3 Å². The Morgan fingerprint density at radius 3 is 2.72 bits per heavy atom. The SMILES string of the molecule is C[C@@H]1C[C@H](NC(=O)N(C)Cc2cnn(C)c2)C(=O)N1c1ccccc1. The first kappa shape index (κ1) is 17.0. The average molecular weight is 341 g/mol. The first-order valence-corrected chi connectivity index (χ1v) is 8.33. The Hall–Kier alpha value is -2.83. The number of para-hydroxylation sites is 1. The van der Waals surface area contributed by atoms with Gasteiger partial charge in [-0.05, 0) is 25.5 Å². The number of nitrogens with one attached hydrogen (secondary N) is 1. The van der Waals surface area contributed by atoms with Crippen molar-refractivity contribution in [1.29, 1.82) is 0 Å². The van der Waals surface area contributed by atoms with Crippen LogP contribution in [0.3, 0.4) is 0 Å². The summed E-state index contributed by atoms with van der Waals surface area (Å²) in [6.07, 6.45) is 4.19. The lowest BCUT2D eigenvalue weighted by atomic mass is 10.2. The molecule has 3 rings (SSSR count). The van der Waals surface area contributed by atoms with Gasteiger partial charge in [-0.1, -0.05) is 18.2 Å². The van der Waals surface area contributed by atoms with E-state index < -0.39 is 6.04 Å². The summed E-state index contributed by atoms with van der Waals surface area (Å²) >= 11 is 0. The maximum Gasteiger partial charge on any atom is 0.318 e. The highest BCUT2D eigenvalue weighted by Crippen LogP contribution is 2.26. The molecule has 1 saturated heterocycles. The quantitative estimate of drug-likeness (QED) is 0.921. The minimum Gasteiger partial charge on any atom is -0.326 e. The number of urea groups is 1. The molecule has 1 aliphatic rings. The van der Waals surface area contributed by atoms with Gasteiger partial charge in [-0.15, -0.1) is 0 Å². The van der Waals surface area contributed by atoms with Crippen molar-refractivity contribution in [1.82, 2.24) is 20.0 Å². The number of nitrogens with zero attached hydrogens (tertiary/aromatic N) is 4. The molecule has 1 aliphatic heterocycles. The normalized spacial score (nSPS) is 20.0. The van der Waals surface area contributed by atoms with Gasteiger partial charge >= 0.3 is 6.03 Å². The number of benzene rings is 1. The summed E-state index contributed by atoms with van der Waals surface area (Å²) in [6, 6.07) is 8.83. The van der Waals surface area contributed by atoms with Crippen molar-refractivity contribution in [3.8, 4) is 0 Å². The third-order valence-corrected chi connectivity index (χ3v) is 4.41. The van der Waals surface area contributed by atoms with Crippen molar-refractivity contribution in [3.63, 3.8) is 0 Å². The first-order chi connectivity index (χ1) is 12.0. The minimum absolute atomic E-state index is 0.0452. The molecule has 25 heavy (non-hydrogen) atoms. The predicted molar refractivity (Wildman–Crippen MR) is 95.0 cm³/mol. The van der Waals surface area contributed by atoms with Crippen molar-refractivity contribution in [2.24, 2.45) is 7.05 Å². The second-order valence-electron chi connectivity index (χ2n) is 6.51. The van der Waals surface area contributed by atoms with Crippen LogP contribution >= 0.6 is 0 Å². The van der Waals surface area contributed by atoms with E-state index in [-0.39, 0.29) is 18.0 Å². The molecule has 2 heterocycles. The molecular weight excluding hydrogens is 318 g/mol. The fourth-order valence-corrected chi connectivity index (χ4v) is 3.18. The van der Waals surface area contributed by atoms with Crippen LogP contribution in [0.4, 0.5) is 10.5 Å². The summed E-state index contributed by atoms with van der Waals surface area (Å²) < 4.78 is 1.70. The van der Waals surface area contributed by atoms with Gasteiger partial charge in [-0.3, -0.25) is 9.48 Å². The molecule has 1 aromatic heterocycles. The van der Waals surface area contributed by atoms with Gasteiger partial charge in [0.1, 0.15) is 6.04 Å². The third kappa shape index (κ3) is 3.65. The van der Waals surface area contributed by atoms with Crippen LogP contribution in [-0.2, 0) is 18.4 Å². The molecule has 1 fully saturated rings. The number of rotatable bonds is 4. The molecule has 132 valence electrons. The summed E-state index contributed by atoms with van der Waals surface area (Å²) in [4.78, 5) is 28.4. The van der Waals surface area contributed by atoms with Gasteiger partial charge in [0.2, 0.25) is 5.91 Å². The first-order valence-electron chi connectivity index (χ1n) is 8.33. The largest absolute Gasteiger partial charge is 0.326 e. The molecule has 7 heteroatoms. The lowest BCUT2D eigenvalue weighted by Gasteiger charge is -2.22. The lowest BCUT2D eigenvalue weighted by molar-refractivity contribution is -0.118. The fraction of sp³-hybridized carbons (Fsp3) is 0.389. The number of carbonyl (C=O) groups is 2. The van der Waals surface area contributed by atoms with Crippen molar-refractivity contribution < 1.29 is 9.59 Å². The summed E-state index contributed by atoms with van der Waals surface area (Å²) in [7, 11) is 3.54. The standard InChI is InChI=1S/C18H23N5O2/c1-13-9-16(17(24)23(13)15-7-5-4-6-8-15)20-18(25)21(2)11-14-10-19-22(3)12-14/h4-8,10,12-13,16H,9,11H2,1-3H3,(H,20,25)/t13-,16+/m1/s1. The van der Waals surface area contributed by atoms with E-state index in [4.69, 9.17) is 0 Å². The van der Waals surface area contributed by atoms with E-state index in [1.807, 2.05) is 50.5 Å². The molecule has 1 aromatic carbocycles. The summed E-state index contributed by atoms with van der Waals surface area (Å²) in [5.74, 6) is -0.0678. The minimum atomic E-state index is -0.501. The Morgan fingerprint density at radius 2 is 2.08 bits per heavy atom. The van der Waals surface area contributed by atoms with E-state index in [1.54, 1.807) is 27.7 Å². The molecular formula is C18H23N5O2. The summed E-state index contributed by atoms with van der Waals surface area (Å²) in [5.41, 5.74) is 1.80. The van der Waals surface area contributed by atoms with Crippen LogP contribution in [0.25, 0.3) is 0 Å². The van der Waals surface area contributed by atoms with Gasteiger partial charge in [-0.25, -0.2) is 4.79 Å². The van der Waals surface area contributed by atoms with Crippen LogP contribution in [-0.4, -0.2) is 45.8 Å². The molecule has 0 spiro atoms. The Balaban J connectivity index is 1.62. The number of carbonyl (C=O) groups excluding carboxylic acids is 2. The molecule has 2 atom stereocenters. The average Bonchev–Trinajstić information content (AvgIpc) is 3.11. The Morgan fingerprint density at radius 1 is 1.36 bits per heavy atom. The van der Waals surface area contributed by atoms with Crippen LogP contribution in [0.5, 0.6) is 0 Å². The topological polar surface area (TPSA) is 70.5 Å². The van der Waals surface area contributed by atoms with Gasteiger partial charge in [0.15, 0.2) is 0 Å². The fourth-order valence-electron chi connectivity index (χ4n) is 3.18. The molecule has 0 aliphatic carbocycles. The highest BCUT2D eigenvalue weighted by Gasteiger charge is 2.39. The molecule has 0 bridgehead atoms. The second-order valence-corrected chi connectivity index (χ2v) is 6.51. The van der Waals surface area contributed by atoms with E-state index in [2.05, 4.69) is 10.4 Å². The number of anilines is 1. The third-order valence-electron chi connectivity index (χ3n) is 4.41. The molecule has 0 radical (unpaired) electrons. The van der Waals surface area contributed by atoms with Gasteiger partial charge < -0.3 is 15.1 Å². The Labute approximate surface area is 147 Å². The molecule has 7 nitrogen and oxygen atoms in total. The van der Waals surface area contributed by atoms with E-state index in [0.29, 0.717) is 13.0 Å². The maximum absolute atomic E-state index is 12.7. The van der Waals surface area contributed by atoms with Gasteiger partial charge in [0, 0.05) is 37.6 Å². The number of aromatic nitrogens is 2. The molecule has 1 N–H and O–H groups in total. The Bertz CT molecular complexity index is 758. The highest BCUT2D eigenvalue weighted by molar-refractivity contribution is 6.01. The highest BCUT2D eigenvalue weighted by atomic mass is 16.2. The van der Waals surface area contributed by atoms with Gasteiger partial charge in [-0.2, -0.15) is 5.10 Å². The van der Waals surface area contributed by atoms with E-state index in [1.165, 1.54) is 0 Å². The maximum atomic E-state index is 12.7. The van der Waals surface area contributed by atoms with Crippen LogP contribution < -0.4 is 10.2 Å². The van der Waals surface area contributed by atoms with Crippen molar-refractivity contribution >= 4 is 17.6 Å². The number of amides is 3. The Kier molecular flexibility index (Phi) is 4.74. The van der Waals surface area contributed by atoms with Gasteiger partial charge in [0.05, 0.1) is 12.7 Å². The van der Waals surface area contributed by atoms with Gasteiger partial charge in [0.25, 0.3) is 0 Å². The molecule has 2 aromatic rings. The number of hydrogen-bond donors (Lipinski definition) is 1. The van der Waals surface area contributed by atoms with Crippen LogP contribution in [0.15, 0.2) is 42.7 Å². The second kappa shape index (κ2) is 6.96. The van der Waals surface area contributed by atoms with E-state index in [9.17, 15) is 9.59 Å². The number of aryl methyl sites for hydroxylation is 1. The zero-order valence-electron chi connectivity index (χ0n) is 14.7. The monoisotopic (exact) mass is 341 g/mol. The zero-order valence-corrected chi connectivity index (χ0v) is 14.7. The smallest absolute Gasteiger partial charge is 0.318 e. The predicted octanol–water partition coefficient (Wildman–Crippen LogP) is 1.76.